The molecular formula is C23H23N3O2. The molecule has 2 N–H and O–H groups in total. The van der Waals surface area contributed by atoms with Crippen LogP contribution in [0.1, 0.15) is 30.9 Å². The van der Waals surface area contributed by atoms with Crippen LogP contribution in [-0.2, 0) is 0 Å². The van der Waals surface area contributed by atoms with Crippen molar-refractivity contribution in [3.05, 3.63) is 59.7 Å². The van der Waals surface area contributed by atoms with Crippen LogP contribution in [0.4, 0.5) is 5.82 Å². The quantitative estimate of drug-likeness (QED) is 0.680. The Morgan fingerprint density at radius 1 is 0.964 bits per heavy atom. The van der Waals surface area contributed by atoms with E-state index in [0.29, 0.717) is 28.7 Å². The molecule has 3 aromatic rings. The number of aromatic nitrogens is 1. The number of nitrogens with two attached hydrogens (primary N) is 1. The number of nitrogens with zero attached hydrogens (tertiary/aromatic N) is 2. The van der Waals surface area contributed by atoms with E-state index in [4.69, 9.17) is 15.2 Å². The summed E-state index contributed by atoms with van der Waals surface area (Å²) in [5.41, 5.74) is 10.8. The highest BCUT2D eigenvalue weighted by Gasteiger charge is 2.16. The Kier molecular flexibility index (Phi) is 5.51. The summed E-state index contributed by atoms with van der Waals surface area (Å²) in [4.78, 5) is 4.45. The first-order valence-corrected chi connectivity index (χ1v) is 9.01. The van der Waals surface area contributed by atoms with Gasteiger partial charge in [-0.1, -0.05) is 38.1 Å². The van der Waals surface area contributed by atoms with E-state index in [2.05, 4.69) is 37.0 Å². The molecule has 0 amide bonds. The molecule has 0 aliphatic heterocycles. The molecule has 0 fully saturated rings. The van der Waals surface area contributed by atoms with Gasteiger partial charge in [0, 0.05) is 11.1 Å². The zero-order chi connectivity index (χ0) is 20.3. The van der Waals surface area contributed by atoms with Gasteiger partial charge < -0.3 is 15.2 Å². The summed E-state index contributed by atoms with van der Waals surface area (Å²) in [7, 11) is 3.21. The number of nitrogen functional groups attached to an aromatic ring is 1. The van der Waals surface area contributed by atoms with Crippen molar-refractivity contribution in [2.45, 2.75) is 19.8 Å². The minimum absolute atomic E-state index is 0.188. The molecule has 3 rings (SSSR count). The van der Waals surface area contributed by atoms with E-state index >= 15 is 0 Å². The SMILES string of the molecule is COc1ccc(OC)c(-c2cc(-c3ccc(C(C)C)cc3)c(C#N)c(N)n2)c1. The third-order valence-electron chi connectivity index (χ3n) is 4.73. The smallest absolute Gasteiger partial charge is 0.142 e. The summed E-state index contributed by atoms with van der Waals surface area (Å²) >= 11 is 0. The van der Waals surface area contributed by atoms with E-state index in [0.717, 1.165) is 16.7 Å². The third kappa shape index (κ3) is 3.63. The first-order chi connectivity index (χ1) is 13.5. The third-order valence-corrected chi connectivity index (χ3v) is 4.73. The van der Waals surface area contributed by atoms with Gasteiger partial charge in [0.2, 0.25) is 0 Å². The maximum atomic E-state index is 9.63. The number of anilines is 1. The average molecular weight is 373 g/mol. The van der Waals surface area contributed by atoms with Crippen LogP contribution in [0.3, 0.4) is 0 Å². The number of benzene rings is 2. The van der Waals surface area contributed by atoms with E-state index in [1.807, 2.05) is 36.4 Å². The second-order valence-corrected chi connectivity index (χ2v) is 6.77. The van der Waals surface area contributed by atoms with Crippen molar-refractivity contribution < 1.29 is 9.47 Å². The van der Waals surface area contributed by atoms with Gasteiger partial charge in [0.25, 0.3) is 0 Å². The van der Waals surface area contributed by atoms with Crippen LogP contribution in [0.25, 0.3) is 22.4 Å². The number of hydrogen-bond donors (Lipinski definition) is 1. The molecule has 5 heteroatoms. The van der Waals surface area contributed by atoms with E-state index in [9.17, 15) is 5.26 Å². The fourth-order valence-corrected chi connectivity index (χ4v) is 3.11. The van der Waals surface area contributed by atoms with Gasteiger partial charge in [-0.05, 0) is 41.3 Å². The Hall–Kier alpha value is -3.52. The van der Waals surface area contributed by atoms with Crippen molar-refractivity contribution in [3.8, 4) is 40.0 Å². The van der Waals surface area contributed by atoms with Gasteiger partial charge in [-0.15, -0.1) is 0 Å². The normalized spacial score (nSPS) is 10.6. The zero-order valence-electron chi connectivity index (χ0n) is 16.5. The molecule has 1 aromatic heterocycles. The number of hydrogen-bond acceptors (Lipinski definition) is 5. The van der Waals surface area contributed by atoms with E-state index in [1.165, 1.54) is 5.56 Å². The topological polar surface area (TPSA) is 81.2 Å². The molecule has 28 heavy (non-hydrogen) atoms. The van der Waals surface area contributed by atoms with Crippen molar-refractivity contribution in [1.82, 2.24) is 4.98 Å². The standard InChI is InChI=1S/C23H23N3O2/c1-14(2)15-5-7-16(8-6-15)18-12-21(26-23(25)20(18)13-24)19-11-17(27-3)9-10-22(19)28-4/h5-12,14H,1-4H3,(H2,25,26). The van der Waals surface area contributed by atoms with Crippen molar-refractivity contribution in [2.24, 2.45) is 0 Å². The van der Waals surface area contributed by atoms with Gasteiger partial charge in [-0.2, -0.15) is 5.26 Å². The fraction of sp³-hybridized carbons (Fsp3) is 0.217. The molecular weight excluding hydrogens is 350 g/mol. The first-order valence-electron chi connectivity index (χ1n) is 9.01. The molecule has 0 unspecified atom stereocenters. The van der Waals surface area contributed by atoms with Crippen LogP contribution in [0.2, 0.25) is 0 Å². The van der Waals surface area contributed by atoms with Crippen molar-refractivity contribution >= 4 is 5.82 Å². The summed E-state index contributed by atoms with van der Waals surface area (Å²) in [6.07, 6.45) is 0. The molecule has 0 radical (unpaired) electrons. The lowest BCUT2D eigenvalue weighted by atomic mass is 9.95. The molecule has 0 saturated carbocycles. The van der Waals surface area contributed by atoms with Crippen LogP contribution in [0.5, 0.6) is 11.5 Å². The van der Waals surface area contributed by atoms with Gasteiger partial charge in [0.1, 0.15) is 28.9 Å². The summed E-state index contributed by atoms with van der Waals surface area (Å²) in [5, 5.41) is 9.63. The molecule has 0 atom stereocenters. The summed E-state index contributed by atoms with van der Waals surface area (Å²) in [5.74, 6) is 1.96. The molecule has 0 aliphatic rings. The molecule has 142 valence electrons. The molecule has 0 saturated heterocycles. The largest absolute Gasteiger partial charge is 0.497 e. The number of ether oxygens (including phenoxy) is 2. The molecule has 0 spiro atoms. The molecule has 0 bridgehead atoms. The summed E-state index contributed by atoms with van der Waals surface area (Å²) < 4.78 is 10.8. The van der Waals surface area contributed by atoms with E-state index < -0.39 is 0 Å². The van der Waals surface area contributed by atoms with Crippen LogP contribution in [0, 0.1) is 11.3 Å². The minimum atomic E-state index is 0.188. The maximum Gasteiger partial charge on any atom is 0.142 e. The summed E-state index contributed by atoms with van der Waals surface area (Å²) in [6, 6.07) is 17.7. The van der Waals surface area contributed by atoms with Crippen LogP contribution in [0.15, 0.2) is 48.5 Å². The lowest BCUT2D eigenvalue weighted by molar-refractivity contribution is 0.404. The van der Waals surface area contributed by atoms with Gasteiger partial charge in [-0.3, -0.25) is 0 Å². The molecule has 2 aromatic carbocycles. The monoisotopic (exact) mass is 373 g/mol. The highest BCUT2D eigenvalue weighted by atomic mass is 16.5. The Morgan fingerprint density at radius 2 is 1.68 bits per heavy atom. The molecule has 5 nitrogen and oxygen atoms in total. The number of methoxy groups -OCH3 is 2. The van der Waals surface area contributed by atoms with Gasteiger partial charge in [-0.25, -0.2) is 4.98 Å². The van der Waals surface area contributed by atoms with E-state index in [-0.39, 0.29) is 5.82 Å². The van der Waals surface area contributed by atoms with Crippen molar-refractivity contribution in [3.63, 3.8) is 0 Å². The second-order valence-electron chi connectivity index (χ2n) is 6.77. The van der Waals surface area contributed by atoms with Crippen LogP contribution >= 0.6 is 0 Å². The second kappa shape index (κ2) is 8.01. The predicted molar refractivity (Wildman–Crippen MR) is 111 cm³/mol. The molecule has 0 aliphatic carbocycles. The summed E-state index contributed by atoms with van der Waals surface area (Å²) in [6.45, 7) is 4.29. The number of pyridine rings is 1. The Balaban J connectivity index is 2.20. The average Bonchev–Trinajstić information content (AvgIpc) is 2.72. The first kappa shape index (κ1) is 19.2. The van der Waals surface area contributed by atoms with Crippen molar-refractivity contribution in [2.75, 3.05) is 20.0 Å². The number of nitriles is 1. The van der Waals surface area contributed by atoms with Gasteiger partial charge in [0.05, 0.1) is 19.9 Å². The van der Waals surface area contributed by atoms with Gasteiger partial charge in [0.15, 0.2) is 0 Å². The van der Waals surface area contributed by atoms with E-state index in [1.54, 1.807) is 14.2 Å². The lowest BCUT2D eigenvalue weighted by Crippen LogP contribution is -2.01. The zero-order valence-corrected chi connectivity index (χ0v) is 16.5. The van der Waals surface area contributed by atoms with Crippen LogP contribution in [-0.4, -0.2) is 19.2 Å². The highest BCUT2D eigenvalue weighted by Crippen LogP contribution is 2.37. The Morgan fingerprint density at radius 3 is 2.25 bits per heavy atom. The fourth-order valence-electron chi connectivity index (χ4n) is 3.11. The highest BCUT2D eigenvalue weighted by molar-refractivity contribution is 5.82. The van der Waals surface area contributed by atoms with Crippen LogP contribution < -0.4 is 15.2 Å². The maximum absolute atomic E-state index is 9.63. The van der Waals surface area contributed by atoms with Crippen molar-refractivity contribution in [1.29, 1.82) is 5.26 Å². The van der Waals surface area contributed by atoms with Gasteiger partial charge >= 0.3 is 0 Å². The minimum Gasteiger partial charge on any atom is -0.497 e. The molecule has 1 heterocycles. The lowest BCUT2D eigenvalue weighted by Gasteiger charge is -2.14. The Labute approximate surface area is 165 Å². The number of rotatable bonds is 5. The predicted octanol–water partition coefficient (Wildman–Crippen LogP) is 5.01. The Bertz CT molecular complexity index is 1030.